The van der Waals surface area contributed by atoms with Crippen molar-refractivity contribution in [1.82, 2.24) is 3.97 Å². The molecular formula is C17H17NO2SSi. The number of rotatable bonds is 1. The van der Waals surface area contributed by atoms with Crippen LogP contribution >= 0.6 is 0 Å². The molecule has 0 unspecified atom stereocenters. The molecule has 2 aromatic carbocycles. The van der Waals surface area contributed by atoms with Crippen LogP contribution in [0.25, 0.3) is 22.2 Å². The lowest BCUT2D eigenvalue weighted by molar-refractivity contribution is 0.595. The summed E-state index contributed by atoms with van der Waals surface area (Å²) in [6.45, 7) is 4.60. The van der Waals surface area contributed by atoms with Crippen LogP contribution in [0.4, 0.5) is 0 Å². The molecule has 0 bridgehead atoms. The quantitative estimate of drug-likeness (QED) is 0.643. The minimum Gasteiger partial charge on any atom is -0.238 e. The molecule has 0 fully saturated rings. The fourth-order valence-electron chi connectivity index (χ4n) is 3.80. The molecule has 22 heavy (non-hydrogen) atoms. The Morgan fingerprint density at radius 3 is 2.32 bits per heavy atom. The molecule has 0 spiro atoms. The molecule has 3 nitrogen and oxygen atoms in total. The van der Waals surface area contributed by atoms with Gasteiger partial charge in [0.05, 0.1) is 17.5 Å². The number of nitrogens with zero attached hydrogens (tertiary/aromatic N) is 1. The van der Waals surface area contributed by atoms with Crippen LogP contribution in [0.15, 0.2) is 48.5 Å². The summed E-state index contributed by atoms with van der Waals surface area (Å²) in [6, 6.07) is 16.1. The highest BCUT2D eigenvalue weighted by Crippen LogP contribution is 2.35. The van der Waals surface area contributed by atoms with Crippen molar-refractivity contribution in [2.45, 2.75) is 13.1 Å². The van der Waals surface area contributed by atoms with Gasteiger partial charge in [-0.3, -0.25) is 0 Å². The van der Waals surface area contributed by atoms with E-state index < -0.39 is 18.1 Å². The van der Waals surface area contributed by atoms with Gasteiger partial charge in [0, 0.05) is 5.39 Å². The van der Waals surface area contributed by atoms with Gasteiger partial charge in [0.15, 0.2) is 0 Å². The molecule has 0 atom stereocenters. The van der Waals surface area contributed by atoms with Gasteiger partial charge in [-0.25, -0.2) is 12.4 Å². The fraction of sp³-hybridized carbons (Fsp3) is 0.176. The first-order valence-corrected chi connectivity index (χ1v) is 12.1. The summed E-state index contributed by atoms with van der Waals surface area (Å²) in [5.74, 6) is 0. The summed E-state index contributed by atoms with van der Waals surface area (Å²) in [5, 5.41) is 3.65. The minimum absolute atomic E-state index is 0.796. The average molecular weight is 327 g/mol. The SMILES string of the molecule is C[Si]1(C)c2ccccc2-c2c1c1ccccc1n2S(C)(=O)=O. The zero-order chi connectivity index (χ0) is 15.7. The van der Waals surface area contributed by atoms with E-state index in [2.05, 4.69) is 31.3 Å². The van der Waals surface area contributed by atoms with Crippen LogP contribution in [0, 0.1) is 0 Å². The van der Waals surface area contributed by atoms with Gasteiger partial charge < -0.3 is 0 Å². The Labute approximate surface area is 131 Å². The summed E-state index contributed by atoms with van der Waals surface area (Å²) in [4.78, 5) is 0. The van der Waals surface area contributed by atoms with Gasteiger partial charge in [-0.05, 0) is 22.0 Å². The highest BCUT2D eigenvalue weighted by molar-refractivity contribution is 7.89. The van der Waals surface area contributed by atoms with Crippen molar-refractivity contribution in [2.75, 3.05) is 6.26 Å². The number of para-hydroxylation sites is 1. The Balaban J connectivity index is 2.31. The van der Waals surface area contributed by atoms with Gasteiger partial charge in [-0.2, -0.15) is 0 Å². The van der Waals surface area contributed by atoms with Gasteiger partial charge in [-0.1, -0.05) is 55.6 Å². The van der Waals surface area contributed by atoms with Crippen molar-refractivity contribution < 1.29 is 8.42 Å². The predicted octanol–water partition coefficient (Wildman–Crippen LogP) is 2.25. The lowest BCUT2D eigenvalue weighted by Crippen LogP contribution is -2.49. The number of aromatic nitrogens is 1. The van der Waals surface area contributed by atoms with Crippen LogP contribution in [-0.4, -0.2) is 26.7 Å². The van der Waals surface area contributed by atoms with E-state index in [-0.39, 0.29) is 0 Å². The third kappa shape index (κ3) is 1.58. The highest BCUT2D eigenvalue weighted by atomic mass is 32.2. The van der Waals surface area contributed by atoms with E-state index in [9.17, 15) is 8.42 Å². The van der Waals surface area contributed by atoms with E-state index in [4.69, 9.17) is 0 Å². The second-order valence-corrected chi connectivity index (χ2v) is 12.6. The average Bonchev–Trinajstić information content (AvgIpc) is 2.92. The Hall–Kier alpha value is -1.85. The van der Waals surface area contributed by atoms with Crippen LogP contribution in [0.3, 0.4) is 0 Å². The molecule has 5 heteroatoms. The fourth-order valence-corrected chi connectivity index (χ4v) is 8.30. The van der Waals surface area contributed by atoms with E-state index in [0.29, 0.717) is 0 Å². The van der Waals surface area contributed by atoms with E-state index >= 15 is 0 Å². The first kappa shape index (κ1) is 13.8. The van der Waals surface area contributed by atoms with Gasteiger partial charge in [0.25, 0.3) is 0 Å². The van der Waals surface area contributed by atoms with Crippen molar-refractivity contribution in [3.05, 3.63) is 48.5 Å². The maximum atomic E-state index is 12.5. The van der Waals surface area contributed by atoms with Gasteiger partial charge in [-0.15, -0.1) is 0 Å². The van der Waals surface area contributed by atoms with Gasteiger partial charge in [0.1, 0.15) is 8.07 Å². The Kier molecular flexibility index (Phi) is 2.58. The van der Waals surface area contributed by atoms with Crippen LogP contribution in [0.5, 0.6) is 0 Å². The molecule has 0 amide bonds. The van der Waals surface area contributed by atoms with Crippen LogP contribution in [0.1, 0.15) is 0 Å². The zero-order valence-corrected chi connectivity index (χ0v) is 14.6. The molecule has 0 saturated carbocycles. The molecule has 0 aliphatic carbocycles. The van der Waals surface area contributed by atoms with Gasteiger partial charge in [0.2, 0.25) is 10.0 Å². The largest absolute Gasteiger partial charge is 0.238 e. The number of benzene rings is 2. The van der Waals surface area contributed by atoms with E-state index in [0.717, 1.165) is 22.2 Å². The number of hydrogen-bond donors (Lipinski definition) is 0. The molecule has 0 saturated heterocycles. The molecule has 112 valence electrons. The number of fused-ring (bicyclic) bond motifs is 5. The first-order chi connectivity index (χ1) is 10.3. The standard InChI is InChI=1S/C17H17NO2SSi/c1-21(19,20)18-14-10-6-4-8-12(14)17-16(18)13-9-5-7-11-15(13)22(17,2)3/h4-11H,1-3H3. The molecule has 1 aliphatic rings. The number of hydrogen-bond acceptors (Lipinski definition) is 2. The third-order valence-electron chi connectivity index (χ3n) is 4.64. The van der Waals surface area contributed by atoms with Crippen molar-refractivity contribution in [3.63, 3.8) is 0 Å². The predicted molar refractivity (Wildman–Crippen MR) is 94.4 cm³/mol. The first-order valence-electron chi connectivity index (χ1n) is 7.28. The summed E-state index contributed by atoms with van der Waals surface area (Å²) >= 11 is 0. The summed E-state index contributed by atoms with van der Waals surface area (Å²) in [5.41, 5.74) is 2.76. The van der Waals surface area contributed by atoms with Crippen LogP contribution in [-0.2, 0) is 10.0 Å². The molecule has 0 N–H and O–H groups in total. The maximum absolute atomic E-state index is 12.5. The summed E-state index contributed by atoms with van der Waals surface area (Å²) in [6.07, 6.45) is 1.29. The van der Waals surface area contributed by atoms with E-state index in [1.54, 1.807) is 0 Å². The third-order valence-corrected chi connectivity index (χ3v) is 9.23. The molecule has 1 aliphatic heterocycles. The molecular weight excluding hydrogens is 310 g/mol. The second kappa shape index (κ2) is 4.11. The van der Waals surface area contributed by atoms with Gasteiger partial charge >= 0.3 is 0 Å². The molecule has 2 heterocycles. The normalized spacial score (nSPS) is 15.8. The minimum atomic E-state index is -3.37. The van der Waals surface area contributed by atoms with E-state index in [1.165, 1.54) is 20.6 Å². The molecule has 0 radical (unpaired) electrons. The Morgan fingerprint density at radius 2 is 1.59 bits per heavy atom. The summed E-state index contributed by atoms with van der Waals surface area (Å²) < 4.78 is 26.5. The van der Waals surface area contributed by atoms with Crippen molar-refractivity contribution in [2.24, 2.45) is 0 Å². The summed E-state index contributed by atoms with van der Waals surface area (Å²) in [7, 11) is -5.25. The monoisotopic (exact) mass is 327 g/mol. The molecule has 3 aromatic rings. The highest BCUT2D eigenvalue weighted by Gasteiger charge is 2.42. The van der Waals surface area contributed by atoms with E-state index in [1.807, 2.05) is 30.3 Å². The second-order valence-electron chi connectivity index (χ2n) is 6.44. The van der Waals surface area contributed by atoms with Crippen molar-refractivity contribution >= 4 is 39.4 Å². The Bertz CT molecular complexity index is 1030. The smallest absolute Gasteiger partial charge is 0.236 e. The zero-order valence-electron chi connectivity index (χ0n) is 12.8. The maximum Gasteiger partial charge on any atom is 0.236 e. The lowest BCUT2D eigenvalue weighted by atomic mass is 10.1. The van der Waals surface area contributed by atoms with Crippen LogP contribution in [0.2, 0.25) is 13.1 Å². The Morgan fingerprint density at radius 1 is 0.955 bits per heavy atom. The molecule has 4 rings (SSSR count). The lowest BCUT2D eigenvalue weighted by Gasteiger charge is -2.18. The topological polar surface area (TPSA) is 39.1 Å². The molecule has 1 aromatic heterocycles. The van der Waals surface area contributed by atoms with Crippen molar-refractivity contribution in [1.29, 1.82) is 0 Å². The van der Waals surface area contributed by atoms with Crippen molar-refractivity contribution in [3.8, 4) is 11.3 Å². The van der Waals surface area contributed by atoms with Crippen LogP contribution < -0.4 is 10.4 Å².